The minimum Gasteiger partial charge on any atom is -0.493 e. The summed E-state index contributed by atoms with van der Waals surface area (Å²) in [6, 6.07) is 7.41. The molecule has 1 heterocycles. The molecule has 0 spiro atoms. The number of sulfonamides is 1. The molecule has 3 N–H and O–H groups in total. The summed E-state index contributed by atoms with van der Waals surface area (Å²) in [5.74, 6) is -1.26. The second kappa shape index (κ2) is 11.7. The number of ether oxygens (including phenoxy) is 3. The van der Waals surface area contributed by atoms with Gasteiger partial charge in [-0.15, -0.1) is 11.3 Å². The zero-order valence-electron chi connectivity index (χ0n) is 19.5. The quantitative estimate of drug-likeness (QED) is 0.326. The number of anilines is 3. The minimum absolute atomic E-state index is 0.00902. The number of urea groups is 1. The highest BCUT2D eigenvalue weighted by atomic mass is 32.2. The molecule has 14 heteroatoms. The third-order valence-electron chi connectivity index (χ3n) is 4.30. The number of carbonyl (C=O) groups excluding carboxylic acids is 2. The lowest BCUT2D eigenvalue weighted by molar-refractivity contribution is -0.142. The van der Waals surface area contributed by atoms with Crippen LogP contribution >= 0.6 is 11.3 Å². The fourth-order valence-corrected chi connectivity index (χ4v) is 4.17. The molecule has 3 rings (SSSR count). The Balaban J connectivity index is 1.83. The first kappa shape index (κ1) is 26.7. The Labute approximate surface area is 210 Å². The Morgan fingerprint density at radius 3 is 2.61 bits per heavy atom. The Kier molecular flexibility index (Phi) is 8.66. The van der Waals surface area contributed by atoms with E-state index in [1.54, 1.807) is 12.3 Å². The summed E-state index contributed by atoms with van der Waals surface area (Å²) in [6.45, 7) is 1.93. The summed E-state index contributed by atoms with van der Waals surface area (Å²) in [7, 11) is -2.27. The van der Waals surface area contributed by atoms with Crippen LogP contribution in [0.5, 0.6) is 17.2 Å². The molecule has 2 amide bonds. The maximum atomic E-state index is 14.4. The van der Waals surface area contributed by atoms with E-state index in [0.29, 0.717) is 5.69 Å². The number of nitrogens with zero attached hydrogens (tertiary/aromatic N) is 1. The number of hydrogen-bond donors (Lipinski definition) is 3. The predicted octanol–water partition coefficient (Wildman–Crippen LogP) is 4.20. The number of para-hydroxylation sites is 1. The van der Waals surface area contributed by atoms with Crippen LogP contribution in [0.1, 0.15) is 12.6 Å². The molecule has 0 unspecified atom stereocenters. The number of halogens is 1. The summed E-state index contributed by atoms with van der Waals surface area (Å²) in [6.07, 6.45) is 0.924. The van der Waals surface area contributed by atoms with Crippen LogP contribution < -0.4 is 24.8 Å². The molecule has 0 bridgehead atoms. The van der Waals surface area contributed by atoms with Crippen molar-refractivity contribution in [2.45, 2.75) is 13.3 Å². The van der Waals surface area contributed by atoms with Crippen molar-refractivity contribution in [1.29, 1.82) is 0 Å². The van der Waals surface area contributed by atoms with E-state index >= 15 is 0 Å². The average Bonchev–Trinajstić information content (AvgIpc) is 3.21. The van der Waals surface area contributed by atoms with Gasteiger partial charge in [-0.3, -0.25) is 14.8 Å². The lowest BCUT2D eigenvalue weighted by Gasteiger charge is -2.16. The van der Waals surface area contributed by atoms with Crippen molar-refractivity contribution >= 4 is 49.9 Å². The van der Waals surface area contributed by atoms with Gasteiger partial charge in [-0.2, -0.15) is 0 Å². The number of aromatic nitrogens is 1. The van der Waals surface area contributed by atoms with Gasteiger partial charge in [-0.05, 0) is 37.3 Å². The second-order valence-electron chi connectivity index (χ2n) is 7.16. The van der Waals surface area contributed by atoms with E-state index in [2.05, 4.69) is 20.3 Å². The van der Waals surface area contributed by atoms with Crippen LogP contribution in [-0.2, 0) is 26.0 Å². The van der Waals surface area contributed by atoms with Gasteiger partial charge in [0.2, 0.25) is 15.8 Å². The van der Waals surface area contributed by atoms with E-state index in [1.807, 2.05) is 0 Å². The molecule has 0 radical (unpaired) electrons. The number of esters is 1. The Morgan fingerprint density at radius 1 is 1.14 bits per heavy atom. The number of amides is 2. The predicted molar refractivity (Wildman–Crippen MR) is 133 cm³/mol. The lowest BCUT2D eigenvalue weighted by Crippen LogP contribution is -2.20. The third kappa shape index (κ3) is 7.55. The largest absolute Gasteiger partial charge is 0.493 e. The summed E-state index contributed by atoms with van der Waals surface area (Å²) < 4.78 is 55.7. The molecule has 11 nitrogen and oxygen atoms in total. The highest BCUT2D eigenvalue weighted by molar-refractivity contribution is 7.92. The van der Waals surface area contributed by atoms with Gasteiger partial charge in [0.25, 0.3) is 0 Å². The zero-order chi connectivity index (χ0) is 26.3. The molecule has 0 fully saturated rings. The normalized spacial score (nSPS) is 10.9. The molecule has 36 heavy (non-hydrogen) atoms. The summed E-state index contributed by atoms with van der Waals surface area (Å²) >= 11 is 1.09. The Morgan fingerprint density at radius 2 is 1.92 bits per heavy atom. The molecule has 1 aromatic heterocycles. The SMILES string of the molecule is CCOC(=O)Cc1csc(NC(=O)Nc2cc(NS(C)(=O)=O)ccc2Oc2c(F)cccc2OC)n1. The van der Waals surface area contributed by atoms with Crippen molar-refractivity contribution in [3.63, 3.8) is 0 Å². The standard InChI is InChI=1S/C22H23FN4O7S2/c1-4-33-19(28)11-14-12-35-22(24-14)26-21(29)25-16-10-13(27-36(3,30)31)8-9-17(16)34-20-15(23)6-5-7-18(20)32-2/h5-10,12,27H,4,11H2,1-3H3,(H2,24,25,26,29). The second-order valence-corrected chi connectivity index (χ2v) is 9.77. The van der Waals surface area contributed by atoms with Crippen molar-refractivity contribution in [1.82, 2.24) is 4.98 Å². The number of benzene rings is 2. The molecule has 0 saturated heterocycles. The van der Waals surface area contributed by atoms with Gasteiger partial charge in [0.15, 0.2) is 22.4 Å². The molecule has 0 saturated carbocycles. The molecule has 0 atom stereocenters. The Bertz CT molecular complexity index is 1360. The van der Waals surface area contributed by atoms with E-state index < -0.39 is 27.8 Å². The fourth-order valence-electron chi connectivity index (χ4n) is 2.91. The van der Waals surface area contributed by atoms with Gasteiger partial charge >= 0.3 is 12.0 Å². The summed E-state index contributed by atoms with van der Waals surface area (Å²) in [4.78, 5) is 28.4. The van der Waals surface area contributed by atoms with Crippen LogP contribution in [0.4, 0.5) is 25.7 Å². The van der Waals surface area contributed by atoms with Gasteiger partial charge in [0, 0.05) is 5.38 Å². The van der Waals surface area contributed by atoms with Crippen LogP contribution in [0.2, 0.25) is 0 Å². The molecule has 2 aromatic carbocycles. The van der Waals surface area contributed by atoms with Crippen molar-refractivity contribution in [3.8, 4) is 17.2 Å². The van der Waals surface area contributed by atoms with Gasteiger partial charge < -0.3 is 19.5 Å². The van der Waals surface area contributed by atoms with Crippen molar-refractivity contribution in [2.75, 3.05) is 35.3 Å². The van der Waals surface area contributed by atoms with E-state index in [1.165, 1.54) is 43.5 Å². The number of hydrogen-bond acceptors (Lipinski definition) is 9. The molecule has 0 aliphatic heterocycles. The molecule has 0 aliphatic rings. The van der Waals surface area contributed by atoms with Crippen LogP contribution in [0.25, 0.3) is 0 Å². The number of rotatable bonds is 10. The fraction of sp³-hybridized carbons (Fsp3) is 0.227. The van der Waals surface area contributed by atoms with Crippen LogP contribution in [0.3, 0.4) is 0 Å². The van der Waals surface area contributed by atoms with E-state index in [-0.39, 0.29) is 46.8 Å². The van der Waals surface area contributed by atoms with Crippen LogP contribution in [-0.4, -0.2) is 45.4 Å². The van der Waals surface area contributed by atoms with Crippen LogP contribution in [0.15, 0.2) is 41.8 Å². The first-order valence-corrected chi connectivity index (χ1v) is 13.1. The monoisotopic (exact) mass is 538 g/mol. The van der Waals surface area contributed by atoms with Crippen molar-refractivity contribution < 1.29 is 36.6 Å². The highest BCUT2D eigenvalue weighted by Gasteiger charge is 2.17. The van der Waals surface area contributed by atoms with Crippen molar-refractivity contribution in [3.05, 3.63) is 53.3 Å². The van der Waals surface area contributed by atoms with E-state index in [9.17, 15) is 22.4 Å². The average molecular weight is 539 g/mol. The maximum absolute atomic E-state index is 14.4. The maximum Gasteiger partial charge on any atom is 0.325 e. The molecule has 0 aliphatic carbocycles. The number of methoxy groups -OCH3 is 1. The number of thiazole rings is 1. The van der Waals surface area contributed by atoms with Gasteiger partial charge in [-0.25, -0.2) is 22.6 Å². The third-order valence-corrected chi connectivity index (χ3v) is 5.71. The highest BCUT2D eigenvalue weighted by Crippen LogP contribution is 2.38. The number of nitrogens with one attached hydrogen (secondary N) is 3. The smallest absolute Gasteiger partial charge is 0.325 e. The zero-order valence-corrected chi connectivity index (χ0v) is 21.1. The Hall–Kier alpha value is -3.91. The van der Waals surface area contributed by atoms with E-state index in [4.69, 9.17) is 14.2 Å². The molecule has 3 aromatic rings. The molecular formula is C22H23FN4O7S2. The van der Waals surface area contributed by atoms with Gasteiger partial charge in [0.05, 0.1) is 43.5 Å². The van der Waals surface area contributed by atoms with Gasteiger partial charge in [-0.1, -0.05) is 6.07 Å². The van der Waals surface area contributed by atoms with Crippen molar-refractivity contribution in [2.24, 2.45) is 0 Å². The lowest BCUT2D eigenvalue weighted by atomic mass is 10.2. The summed E-state index contributed by atoms with van der Waals surface area (Å²) in [5.41, 5.74) is 0.574. The first-order valence-electron chi connectivity index (χ1n) is 10.4. The molecule has 192 valence electrons. The molecular weight excluding hydrogens is 515 g/mol. The topological polar surface area (TPSA) is 145 Å². The minimum atomic E-state index is -3.62. The number of carbonyl (C=O) groups is 2. The van der Waals surface area contributed by atoms with Crippen LogP contribution in [0, 0.1) is 5.82 Å². The summed E-state index contributed by atoms with van der Waals surface area (Å²) in [5, 5.41) is 6.86. The van der Waals surface area contributed by atoms with Gasteiger partial charge in [0.1, 0.15) is 0 Å². The first-order chi connectivity index (χ1) is 17.1. The van der Waals surface area contributed by atoms with E-state index in [0.717, 1.165) is 17.6 Å².